The van der Waals surface area contributed by atoms with Gasteiger partial charge < -0.3 is 10.1 Å². The second-order valence-electron chi connectivity index (χ2n) is 6.35. The molecule has 28 heavy (non-hydrogen) atoms. The van der Waals surface area contributed by atoms with Gasteiger partial charge in [0.15, 0.2) is 5.82 Å². The number of para-hydroxylation sites is 1. The molecule has 0 fully saturated rings. The highest BCUT2D eigenvalue weighted by molar-refractivity contribution is 6.04. The number of nitrogens with zero attached hydrogens (tertiary/aromatic N) is 3. The molecule has 7 heteroatoms. The van der Waals surface area contributed by atoms with Gasteiger partial charge in [-0.05, 0) is 29.5 Å². The van der Waals surface area contributed by atoms with Gasteiger partial charge in [0.2, 0.25) is 5.91 Å². The van der Waals surface area contributed by atoms with Crippen LogP contribution in [0.1, 0.15) is 17.3 Å². The number of carbonyl (C=O) groups excluding carboxylic acids is 1. The fraction of sp³-hybridized carbons (Fsp3) is 0.143. The highest BCUT2D eigenvalue weighted by Gasteiger charge is 2.27. The van der Waals surface area contributed by atoms with Crippen molar-refractivity contribution in [2.75, 3.05) is 12.4 Å². The maximum atomic E-state index is 13.2. The molecular weight excluding hydrogens is 354 g/mol. The highest BCUT2D eigenvalue weighted by Crippen LogP contribution is 2.28. The molecule has 0 spiro atoms. The number of aromatic amines is 1. The monoisotopic (exact) mass is 373 g/mol. The minimum Gasteiger partial charge on any atom is -0.496 e. The molecule has 0 aliphatic heterocycles. The summed E-state index contributed by atoms with van der Waals surface area (Å²) in [5.74, 6) is 0.232. The Kier molecular flexibility index (Phi) is 4.97. The summed E-state index contributed by atoms with van der Waals surface area (Å²) < 4.78 is 5.42. The molecule has 0 aliphatic rings. The van der Waals surface area contributed by atoms with Gasteiger partial charge in [-0.1, -0.05) is 59.8 Å². The third-order valence-corrected chi connectivity index (χ3v) is 4.65. The zero-order valence-electron chi connectivity index (χ0n) is 15.3. The van der Waals surface area contributed by atoms with Crippen LogP contribution in [0.4, 0.5) is 5.69 Å². The Bertz CT molecular complexity index is 1090. The zero-order valence-corrected chi connectivity index (χ0v) is 15.3. The van der Waals surface area contributed by atoms with Crippen LogP contribution in [-0.4, -0.2) is 33.6 Å². The van der Waals surface area contributed by atoms with E-state index in [1.807, 2.05) is 66.7 Å². The summed E-state index contributed by atoms with van der Waals surface area (Å²) >= 11 is 0. The fourth-order valence-corrected chi connectivity index (χ4v) is 3.26. The summed E-state index contributed by atoms with van der Waals surface area (Å²) in [5.41, 5.74) is 1.64. The van der Waals surface area contributed by atoms with Crippen molar-refractivity contribution in [3.8, 4) is 5.75 Å². The molecule has 1 amide bonds. The van der Waals surface area contributed by atoms with Crippen molar-refractivity contribution in [1.29, 1.82) is 0 Å². The van der Waals surface area contributed by atoms with E-state index in [2.05, 4.69) is 25.9 Å². The van der Waals surface area contributed by atoms with Crippen molar-refractivity contribution < 1.29 is 9.53 Å². The van der Waals surface area contributed by atoms with Crippen LogP contribution in [0.5, 0.6) is 5.75 Å². The lowest BCUT2D eigenvalue weighted by molar-refractivity contribution is -0.117. The van der Waals surface area contributed by atoms with Crippen LogP contribution in [0, 0.1) is 0 Å². The number of anilines is 1. The number of rotatable bonds is 6. The van der Waals surface area contributed by atoms with E-state index in [1.165, 1.54) is 0 Å². The molecule has 1 aromatic heterocycles. The first kappa shape index (κ1) is 17.7. The molecule has 1 heterocycles. The number of methoxy groups -OCH3 is 1. The molecule has 7 nitrogen and oxygen atoms in total. The van der Waals surface area contributed by atoms with Crippen molar-refractivity contribution in [3.63, 3.8) is 0 Å². The van der Waals surface area contributed by atoms with Crippen LogP contribution in [0.2, 0.25) is 0 Å². The van der Waals surface area contributed by atoms with E-state index in [9.17, 15) is 4.79 Å². The van der Waals surface area contributed by atoms with E-state index in [-0.39, 0.29) is 5.91 Å². The Morgan fingerprint density at radius 3 is 2.68 bits per heavy atom. The molecule has 0 radical (unpaired) electrons. The number of ether oxygens (including phenoxy) is 1. The van der Waals surface area contributed by atoms with Crippen LogP contribution >= 0.6 is 0 Å². The van der Waals surface area contributed by atoms with E-state index in [0.29, 0.717) is 18.0 Å². The topological polar surface area (TPSA) is 92.8 Å². The van der Waals surface area contributed by atoms with Gasteiger partial charge in [-0.3, -0.25) is 4.79 Å². The molecule has 0 aliphatic carbocycles. The first-order chi connectivity index (χ1) is 13.8. The number of nitrogens with one attached hydrogen (secondary N) is 2. The summed E-state index contributed by atoms with van der Waals surface area (Å²) in [6.07, 6.45) is 0.389. The summed E-state index contributed by atoms with van der Waals surface area (Å²) in [7, 11) is 1.61. The van der Waals surface area contributed by atoms with Gasteiger partial charge in [0, 0.05) is 11.1 Å². The van der Waals surface area contributed by atoms with Gasteiger partial charge in [0.25, 0.3) is 0 Å². The maximum Gasteiger partial charge on any atom is 0.235 e. The number of fused-ring (bicyclic) bond motifs is 1. The van der Waals surface area contributed by atoms with Crippen LogP contribution in [0.3, 0.4) is 0 Å². The van der Waals surface area contributed by atoms with Gasteiger partial charge in [-0.25, -0.2) is 0 Å². The van der Waals surface area contributed by atoms with Crippen LogP contribution < -0.4 is 10.1 Å². The molecule has 0 unspecified atom stereocenters. The number of tetrazole rings is 1. The quantitative estimate of drug-likeness (QED) is 0.541. The standard InChI is InChI=1S/C21H19N5O2/c1-28-19-12-5-3-8-15(19)13-17(20-23-25-26-24-20)21(27)22-18-11-6-9-14-7-2-4-10-16(14)18/h2-12,17H,13H2,1H3,(H,22,27)(H,23,24,25,26)/t17-/m0/s1. The Morgan fingerprint density at radius 2 is 1.86 bits per heavy atom. The first-order valence-electron chi connectivity index (χ1n) is 8.90. The number of aromatic nitrogens is 4. The first-order valence-corrected chi connectivity index (χ1v) is 8.90. The Balaban J connectivity index is 1.66. The molecule has 4 rings (SSSR count). The molecular formula is C21H19N5O2. The van der Waals surface area contributed by atoms with Crippen molar-refractivity contribution >= 4 is 22.4 Å². The number of carbonyl (C=O) groups is 1. The van der Waals surface area contributed by atoms with Gasteiger partial charge >= 0.3 is 0 Å². The van der Waals surface area contributed by atoms with Crippen molar-refractivity contribution in [2.45, 2.75) is 12.3 Å². The third kappa shape index (κ3) is 3.55. The molecule has 3 aromatic carbocycles. The Morgan fingerprint density at radius 1 is 1.07 bits per heavy atom. The molecule has 0 bridgehead atoms. The molecule has 140 valence electrons. The SMILES string of the molecule is COc1ccccc1C[C@H](C(=O)Nc1cccc2ccccc12)c1nn[nH]n1. The van der Waals surface area contributed by atoms with Gasteiger partial charge in [-0.2, -0.15) is 5.21 Å². The molecule has 4 aromatic rings. The number of hydrogen-bond donors (Lipinski definition) is 2. The summed E-state index contributed by atoms with van der Waals surface area (Å²) in [6.45, 7) is 0. The summed E-state index contributed by atoms with van der Waals surface area (Å²) in [4.78, 5) is 13.2. The van der Waals surface area contributed by atoms with Crippen LogP contribution in [0.25, 0.3) is 10.8 Å². The van der Waals surface area contributed by atoms with E-state index in [1.54, 1.807) is 7.11 Å². The lowest BCUT2D eigenvalue weighted by Crippen LogP contribution is -2.24. The lowest BCUT2D eigenvalue weighted by atomic mass is 9.96. The average molecular weight is 373 g/mol. The van der Waals surface area contributed by atoms with Gasteiger partial charge in [0.05, 0.1) is 7.11 Å². The largest absolute Gasteiger partial charge is 0.496 e. The minimum atomic E-state index is -0.617. The van der Waals surface area contributed by atoms with Crippen molar-refractivity contribution in [2.24, 2.45) is 0 Å². The van der Waals surface area contributed by atoms with Crippen molar-refractivity contribution in [3.05, 3.63) is 78.1 Å². The molecule has 1 atom stereocenters. The average Bonchev–Trinajstić information content (AvgIpc) is 3.27. The van der Waals surface area contributed by atoms with Crippen LogP contribution in [0.15, 0.2) is 66.7 Å². The van der Waals surface area contributed by atoms with E-state index >= 15 is 0 Å². The second-order valence-corrected chi connectivity index (χ2v) is 6.35. The molecule has 0 saturated carbocycles. The van der Waals surface area contributed by atoms with Gasteiger partial charge in [-0.15, -0.1) is 10.2 Å². The third-order valence-electron chi connectivity index (χ3n) is 4.65. The smallest absolute Gasteiger partial charge is 0.235 e. The predicted molar refractivity (Wildman–Crippen MR) is 106 cm³/mol. The number of H-pyrrole nitrogens is 1. The number of amides is 1. The normalized spacial score (nSPS) is 11.9. The highest BCUT2D eigenvalue weighted by atomic mass is 16.5. The summed E-state index contributed by atoms with van der Waals surface area (Å²) in [6, 6.07) is 21.3. The van der Waals surface area contributed by atoms with E-state index in [4.69, 9.17) is 4.74 Å². The zero-order chi connectivity index (χ0) is 19.3. The van der Waals surface area contributed by atoms with Crippen molar-refractivity contribution in [1.82, 2.24) is 20.6 Å². The number of benzene rings is 3. The minimum absolute atomic E-state index is 0.205. The van der Waals surface area contributed by atoms with E-state index < -0.39 is 5.92 Å². The second kappa shape index (κ2) is 7.87. The Hall–Kier alpha value is -3.74. The Labute approximate surface area is 161 Å². The fourth-order valence-electron chi connectivity index (χ4n) is 3.26. The van der Waals surface area contributed by atoms with Crippen LogP contribution in [-0.2, 0) is 11.2 Å². The predicted octanol–water partition coefficient (Wildman–Crippen LogP) is 3.33. The maximum absolute atomic E-state index is 13.2. The molecule has 0 saturated heterocycles. The van der Waals surface area contributed by atoms with E-state index in [0.717, 1.165) is 22.0 Å². The van der Waals surface area contributed by atoms with Gasteiger partial charge in [0.1, 0.15) is 11.7 Å². The summed E-state index contributed by atoms with van der Waals surface area (Å²) in [5, 5.41) is 19.2. The lowest BCUT2D eigenvalue weighted by Gasteiger charge is -2.16. The number of hydrogen-bond acceptors (Lipinski definition) is 5. The molecule has 2 N–H and O–H groups in total.